The van der Waals surface area contributed by atoms with E-state index in [4.69, 9.17) is 0 Å². The zero-order chi connectivity index (χ0) is 14.0. The van der Waals surface area contributed by atoms with Crippen LogP contribution in [0.2, 0.25) is 0 Å². The predicted molar refractivity (Wildman–Crippen MR) is 79.6 cm³/mol. The number of hydrogen-bond donors (Lipinski definition) is 2. The van der Waals surface area contributed by atoms with E-state index in [9.17, 15) is 4.79 Å². The Morgan fingerprint density at radius 1 is 1.42 bits per heavy atom. The molecule has 1 aliphatic rings. The second-order valence-electron chi connectivity index (χ2n) is 5.31. The topological polar surface area (TPSA) is 61.0 Å². The molecule has 2 atom stereocenters. The average Bonchev–Trinajstić information content (AvgIpc) is 2.59. The molecule has 0 aromatic carbocycles. The Morgan fingerprint density at radius 2 is 2.05 bits per heavy atom. The van der Waals surface area contributed by atoms with Crippen LogP contribution in [0.15, 0.2) is 0 Å². The van der Waals surface area contributed by atoms with E-state index in [0.717, 1.165) is 30.2 Å². The van der Waals surface area contributed by atoms with Crippen molar-refractivity contribution >= 4 is 23.4 Å². The first kappa shape index (κ1) is 14.4. The molecule has 106 valence electrons. The van der Waals surface area contributed by atoms with Crippen molar-refractivity contribution in [2.24, 2.45) is 0 Å². The Morgan fingerprint density at radius 3 is 2.58 bits per heavy atom. The minimum Gasteiger partial charge on any atom is -0.322 e. The van der Waals surface area contributed by atoms with Gasteiger partial charge in [0.2, 0.25) is 5.91 Å². The van der Waals surface area contributed by atoms with Gasteiger partial charge in [0.05, 0.1) is 23.6 Å². The number of H-pyrrole nitrogens is 1. The zero-order valence-electron chi connectivity index (χ0n) is 12.0. The van der Waals surface area contributed by atoms with Gasteiger partial charge in [-0.3, -0.25) is 14.8 Å². The van der Waals surface area contributed by atoms with E-state index in [0.29, 0.717) is 17.0 Å². The number of rotatable bonds is 3. The van der Waals surface area contributed by atoms with Gasteiger partial charge in [0.25, 0.3) is 0 Å². The summed E-state index contributed by atoms with van der Waals surface area (Å²) < 4.78 is 0. The largest absolute Gasteiger partial charge is 0.322 e. The molecule has 2 rings (SSSR count). The fourth-order valence-corrected chi connectivity index (χ4v) is 3.92. The van der Waals surface area contributed by atoms with Crippen molar-refractivity contribution in [2.45, 2.75) is 38.2 Å². The van der Waals surface area contributed by atoms with E-state index in [1.54, 1.807) is 0 Å². The summed E-state index contributed by atoms with van der Waals surface area (Å²) in [5, 5.41) is 11.1. The molecule has 0 radical (unpaired) electrons. The molecule has 19 heavy (non-hydrogen) atoms. The van der Waals surface area contributed by atoms with Crippen molar-refractivity contribution in [3.05, 3.63) is 11.4 Å². The lowest BCUT2D eigenvalue weighted by Crippen LogP contribution is -2.44. The standard InChI is InChI=1S/C13H22N4OS/c1-8-5-17(6-9(2)19-8)7-12(18)14-13-10(3)15-16-11(13)4/h8-9H,5-7H2,1-4H3,(H,14,18)(H,15,16)/t8-,9+. The molecule has 1 aliphatic heterocycles. The number of anilines is 1. The fourth-order valence-electron chi connectivity index (χ4n) is 2.53. The molecule has 1 amide bonds. The Bertz CT molecular complexity index is 430. The second kappa shape index (κ2) is 5.96. The Hall–Kier alpha value is -1.01. The lowest BCUT2D eigenvalue weighted by atomic mass is 10.3. The summed E-state index contributed by atoms with van der Waals surface area (Å²) in [6, 6.07) is 0. The second-order valence-corrected chi connectivity index (χ2v) is 7.19. The summed E-state index contributed by atoms with van der Waals surface area (Å²) in [6.45, 7) is 10.7. The zero-order valence-corrected chi connectivity index (χ0v) is 12.8. The van der Waals surface area contributed by atoms with Crippen LogP contribution in [-0.4, -0.2) is 51.1 Å². The van der Waals surface area contributed by atoms with Crippen LogP contribution in [-0.2, 0) is 4.79 Å². The summed E-state index contributed by atoms with van der Waals surface area (Å²) in [5.74, 6) is 0.0406. The Balaban J connectivity index is 1.91. The summed E-state index contributed by atoms with van der Waals surface area (Å²) in [6.07, 6.45) is 0. The summed E-state index contributed by atoms with van der Waals surface area (Å²) in [5.41, 5.74) is 2.56. The van der Waals surface area contributed by atoms with Crippen molar-refractivity contribution < 1.29 is 4.79 Å². The van der Waals surface area contributed by atoms with Crippen LogP contribution in [0, 0.1) is 13.8 Å². The van der Waals surface area contributed by atoms with Gasteiger partial charge in [-0.05, 0) is 13.8 Å². The molecule has 6 heteroatoms. The number of nitrogens with zero attached hydrogens (tertiary/aromatic N) is 2. The van der Waals surface area contributed by atoms with E-state index >= 15 is 0 Å². The third-order valence-corrected chi connectivity index (χ3v) is 4.48. The van der Waals surface area contributed by atoms with Gasteiger partial charge >= 0.3 is 0 Å². The molecule has 0 aliphatic carbocycles. The first-order chi connectivity index (χ1) is 8.95. The minimum absolute atomic E-state index is 0.0406. The van der Waals surface area contributed by atoms with Crippen LogP contribution < -0.4 is 5.32 Å². The van der Waals surface area contributed by atoms with Crippen LogP contribution in [0.3, 0.4) is 0 Å². The van der Waals surface area contributed by atoms with Crippen molar-refractivity contribution in [3.8, 4) is 0 Å². The molecule has 2 N–H and O–H groups in total. The molecular weight excluding hydrogens is 260 g/mol. The normalized spacial score (nSPS) is 24.4. The number of aryl methyl sites for hydroxylation is 2. The van der Waals surface area contributed by atoms with Gasteiger partial charge in [-0.2, -0.15) is 16.9 Å². The Labute approximate surface area is 118 Å². The number of thioether (sulfide) groups is 1. The monoisotopic (exact) mass is 282 g/mol. The lowest BCUT2D eigenvalue weighted by Gasteiger charge is -2.33. The number of aromatic amines is 1. The van der Waals surface area contributed by atoms with Crippen LogP contribution in [0.25, 0.3) is 0 Å². The first-order valence-electron chi connectivity index (χ1n) is 6.65. The van der Waals surface area contributed by atoms with E-state index in [1.165, 1.54) is 0 Å². The van der Waals surface area contributed by atoms with Crippen LogP contribution in [0.1, 0.15) is 25.2 Å². The van der Waals surface area contributed by atoms with E-state index < -0.39 is 0 Å². The number of carbonyl (C=O) groups is 1. The molecule has 1 saturated heterocycles. The van der Waals surface area contributed by atoms with Gasteiger partial charge in [-0.25, -0.2) is 0 Å². The molecule has 1 aromatic heterocycles. The predicted octanol–water partition coefficient (Wildman–Crippen LogP) is 1.79. The number of amides is 1. The van der Waals surface area contributed by atoms with Gasteiger partial charge < -0.3 is 5.32 Å². The summed E-state index contributed by atoms with van der Waals surface area (Å²) >= 11 is 1.99. The summed E-state index contributed by atoms with van der Waals surface area (Å²) in [4.78, 5) is 14.3. The van der Waals surface area contributed by atoms with Crippen LogP contribution in [0.5, 0.6) is 0 Å². The third-order valence-electron chi connectivity index (χ3n) is 3.25. The third kappa shape index (κ3) is 3.73. The molecule has 0 spiro atoms. The molecule has 1 fully saturated rings. The number of aromatic nitrogens is 2. The maximum Gasteiger partial charge on any atom is 0.238 e. The first-order valence-corrected chi connectivity index (χ1v) is 7.59. The lowest BCUT2D eigenvalue weighted by molar-refractivity contribution is -0.117. The summed E-state index contributed by atoms with van der Waals surface area (Å²) in [7, 11) is 0. The van der Waals surface area contributed by atoms with Gasteiger partial charge in [-0.1, -0.05) is 13.8 Å². The average molecular weight is 282 g/mol. The minimum atomic E-state index is 0.0406. The quantitative estimate of drug-likeness (QED) is 0.887. The highest BCUT2D eigenvalue weighted by Crippen LogP contribution is 2.24. The van der Waals surface area contributed by atoms with Crippen molar-refractivity contribution in [1.29, 1.82) is 0 Å². The fraction of sp³-hybridized carbons (Fsp3) is 0.692. The van der Waals surface area contributed by atoms with Crippen molar-refractivity contribution in [2.75, 3.05) is 25.0 Å². The molecule has 2 heterocycles. The van der Waals surface area contributed by atoms with Gasteiger partial charge in [-0.15, -0.1) is 0 Å². The van der Waals surface area contributed by atoms with Crippen LogP contribution in [0.4, 0.5) is 5.69 Å². The molecule has 1 aromatic rings. The number of carbonyl (C=O) groups excluding carboxylic acids is 1. The van der Waals surface area contributed by atoms with Gasteiger partial charge in [0.15, 0.2) is 0 Å². The maximum atomic E-state index is 12.1. The van der Waals surface area contributed by atoms with Crippen molar-refractivity contribution in [1.82, 2.24) is 15.1 Å². The molecule has 5 nitrogen and oxygen atoms in total. The Kier molecular flexibility index (Phi) is 4.52. The molecule has 0 saturated carbocycles. The van der Waals surface area contributed by atoms with Gasteiger partial charge in [0.1, 0.15) is 0 Å². The molecular formula is C13H22N4OS. The highest BCUT2D eigenvalue weighted by molar-refractivity contribution is 8.00. The van der Waals surface area contributed by atoms with Crippen molar-refractivity contribution in [3.63, 3.8) is 0 Å². The molecule has 0 bridgehead atoms. The molecule has 0 unspecified atom stereocenters. The number of hydrogen-bond acceptors (Lipinski definition) is 4. The maximum absolute atomic E-state index is 12.1. The SMILES string of the molecule is Cc1n[nH]c(C)c1NC(=O)CN1C[C@@H](C)S[C@@H](C)C1. The number of nitrogens with one attached hydrogen (secondary N) is 2. The van der Waals surface area contributed by atoms with Gasteiger partial charge in [0, 0.05) is 23.6 Å². The van der Waals surface area contributed by atoms with Crippen LogP contribution >= 0.6 is 11.8 Å². The van der Waals surface area contributed by atoms with E-state index in [1.807, 2.05) is 25.6 Å². The smallest absolute Gasteiger partial charge is 0.238 e. The highest BCUT2D eigenvalue weighted by atomic mass is 32.2. The van der Waals surface area contributed by atoms with E-state index in [2.05, 4.69) is 34.3 Å². The highest BCUT2D eigenvalue weighted by Gasteiger charge is 2.24. The van der Waals surface area contributed by atoms with E-state index in [-0.39, 0.29) is 5.91 Å².